The fourth-order valence-electron chi connectivity index (χ4n) is 1.83. The van der Waals surface area contributed by atoms with E-state index in [1.54, 1.807) is 13.0 Å². The van der Waals surface area contributed by atoms with Gasteiger partial charge in [-0.05, 0) is 42.8 Å². The van der Waals surface area contributed by atoms with Crippen LogP contribution in [0, 0.1) is 11.6 Å². The molecule has 1 N–H and O–H groups in total. The fourth-order valence-corrected chi connectivity index (χ4v) is 3.46. The van der Waals surface area contributed by atoms with Gasteiger partial charge >= 0.3 is 0 Å². The molecule has 0 radical (unpaired) electrons. The fraction of sp³-hybridized carbons (Fsp3) is 0.143. The summed E-state index contributed by atoms with van der Waals surface area (Å²) in [6.07, 6.45) is 0. The first-order valence-electron chi connectivity index (χ1n) is 6.02. The predicted octanol–water partition coefficient (Wildman–Crippen LogP) is 3.77. The van der Waals surface area contributed by atoms with Crippen molar-refractivity contribution in [3.05, 3.63) is 64.1 Å². The molecule has 0 aliphatic carbocycles. The van der Waals surface area contributed by atoms with Crippen LogP contribution in [-0.2, 0) is 10.0 Å². The van der Waals surface area contributed by atoms with E-state index < -0.39 is 32.6 Å². The second kappa shape index (κ2) is 6.21. The van der Waals surface area contributed by atoms with Crippen LogP contribution in [-0.4, -0.2) is 8.42 Å². The van der Waals surface area contributed by atoms with Crippen LogP contribution in [0.4, 0.5) is 8.78 Å². The van der Waals surface area contributed by atoms with Crippen molar-refractivity contribution in [2.24, 2.45) is 0 Å². The summed E-state index contributed by atoms with van der Waals surface area (Å²) in [6.45, 7) is 1.56. The lowest BCUT2D eigenvalue weighted by Crippen LogP contribution is -2.27. The minimum absolute atomic E-state index is 0.442. The van der Waals surface area contributed by atoms with E-state index in [2.05, 4.69) is 20.7 Å². The van der Waals surface area contributed by atoms with Crippen LogP contribution in [0.1, 0.15) is 18.5 Å². The molecule has 2 rings (SSSR count). The Labute approximate surface area is 130 Å². The van der Waals surface area contributed by atoms with Gasteiger partial charge in [0.15, 0.2) is 0 Å². The van der Waals surface area contributed by atoms with Gasteiger partial charge < -0.3 is 0 Å². The van der Waals surface area contributed by atoms with E-state index >= 15 is 0 Å². The van der Waals surface area contributed by atoms with Crippen molar-refractivity contribution in [1.82, 2.24) is 4.72 Å². The first kappa shape index (κ1) is 16.1. The van der Waals surface area contributed by atoms with Gasteiger partial charge in [-0.3, -0.25) is 0 Å². The minimum Gasteiger partial charge on any atom is -0.207 e. The monoisotopic (exact) mass is 375 g/mol. The second-order valence-electron chi connectivity index (χ2n) is 4.47. The standard InChI is InChI=1S/C14H12BrF2NO2S/c1-9(10-3-2-4-12(16)7-10)18-21(19,20)14-6-5-11(15)8-13(14)17/h2-9,18H,1H3. The molecule has 1 unspecified atom stereocenters. The van der Waals surface area contributed by atoms with E-state index in [0.29, 0.717) is 10.0 Å². The third kappa shape index (κ3) is 3.87. The van der Waals surface area contributed by atoms with Crippen molar-refractivity contribution in [1.29, 1.82) is 0 Å². The summed E-state index contributed by atoms with van der Waals surface area (Å²) in [5.74, 6) is -1.32. The molecule has 0 amide bonds. The highest BCUT2D eigenvalue weighted by Gasteiger charge is 2.22. The number of hydrogen-bond donors (Lipinski definition) is 1. The van der Waals surface area contributed by atoms with E-state index in [1.165, 1.54) is 30.3 Å². The highest BCUT2D eigenvalue weighted by molar-refractivity contribution is 9.10. The van der Waals surface area contributed by atoms with E-state index in [0.717, 1.165) is 6.07 Å². The molecule has 0 fully saturated rings. The van der Waals surface area contributed by atoms with Gasteiger partial charge in [0.05, 0.1) is 0 Å². The molecule has 0 heterocycles. The Balaban J connectivity index is 2.29. The Morgan fingerprint density at radius 2 is 1.86 bits per heavy atom. The average Bonchev–Trinajstić information content (AvgIpc) is 2.37. The Hall–Kier alpha value is -1.31. The first-order valence-corrected chi connectivity index (χ1v) is 8.30. The van der Waals surface area contributed by atoms with Crippen LogP contribution in [0.15, 0.2) is 51.8 Å². The van der Waals surface area contributed by atoms with Crippen molar-refractivity contribution in [3.8, 4) is 0 Å². The van der Waals surface area contributed by atoms with E-state index in [-0.39, 0.29) is 0 Å². The Kier molecular flexibility index (Phi) is 4.75. The quantitative estimate of drug-likeness (QED) is 0.883. The van der Waals surface area contributed by atoms with Crippen LogP contribution >= 0.6 is 15.9 Å². The van der Waals surface area contributed by atoms with E-state index in [1.807, 2.05) is 0 Å². The van der Waals surface area contributed by atoms with Crippen molar-refractivity contribution < 1.29 is 17.2 Å². The number of sulfonamides is 1. The summed E-state index contributed by atoms with van der Waals surface area (Å²) in [5.41, 5.74) is 0.455. The van der Waals surface area contributed by atoms with Crippen LogP contribution < -0.4 is 4.72 Å². The lowest BCUT2D eigenvalue weighted by Gasteiger charge is -2.15. The average molecular weight is 376 g/mol. The van der Waals surface area contributed by atoms with Crippen molar-refractivity contribution in [2.45, 2.75) is 17.9 Å². The summed E-state index contributed by atoms with van der Waals surface area (Å²) >= 11 is 3.06. The Morgan fingerprint density at radius 1 is 1.14 bits per heavy atom. The van der Waals surface area contributed by atoms with Crippen LogP contribution in [0.2, 0.25) is 0 Å². The molecule has 0 bridgehead atoms. The lowest BCUT2D eigenvalue weighted by molar-refractivity contribution is 0.545. The number of rotatable bonds is 4. The molecule has 2 aromatic rings. The molecular weight excluding hydrogens is 364 g/mol. The number of nitrogens with one attached hydrogen (secondary N) is 1. The van der Waals surface area contributed by atoms with E-state index in [4.69, 9.17) is 0 Å². The van der Waals surface area contributed by atoms with Gasteiger partial charge in [0, 0.05) is 10.5 Å². The SMILES string of the molecule is CC(NS(=O)(=O)c1ccc(Br)cc1F)c1cccc(F)c1. The minimum atomic E-state index is -4.04. The molecule has 21 heavy (non-hydrogen) atoms. The number of hydrogen-bond acceptors (Lipinski definition) is 2. The molecule has 7 heteroatoms. The molecule has 0 spiro atoms. The highest BCUT2D eigenvalue weighted by atomic mass is 79.9. The maximum Gasteiger partial charge on any atom is 0.244 e. The van der Waals surface area contributed by atoms with Gasteiger partial charge in [0.1, 0.15) is 16.5 Å². The molecule has 112 valence electrons. The van der Waals surface area contributed by atoms with Gasteiger partial charge in [-0.25, -0.2) is 21.9 Å². The summed E-state index contributed by atoms with van der Waals surface area (Å²) in [6, 6.07) is 8.55. The van der Waals surface area contributed by atoms with Gasteiger partial charge in [-0.2, -0.15) is 0 Å². The summed E-state index contributed by atoms with van der Waals surface area (Å²) < 4.78 is 54.0. The van der Waals surface area contributed by atoms with Crippen molar-refractivity contribution in [2.75, 3.05) is 0 Å². The van der Waals surface area contributed by atoms with Crippen LogP contribution in [0.3, 0.4) is 0 Å². The Bertz CT molecular complexity index is 765. The highest BCUT2D eigenvalue weighted by Crippen LogP contribution is 2.22. The zero-order valence-corrected chi connectivity index (χ0v) is 13.4. The summed E-state index contributed by atoms with van der Waals surface area (Å²) in [4.78, 5) is -0.450. The summed E-state index contributed by atoms with van der Waals surface area (Å²) in [5, 5.41) is 0. The lowest BCUT2D eigenvalue weighted by atomic mass is 10.1. The molecule has 2 aromatic carbocycles. The largest absolute Gasteiger partial charge is 0.244 e. The molecule has 0 aliphatic heterocycles. The Morgan fingerprint density at radius 3 is 2.48 bits per heavy atom. The molecule has 0 aliphatic rings. The molecule has 0 aromatic heterocycles. The number of benzene rings is 2. The van der Waals surface area contributed by atoms with Gasteiger partial charge in [0.2, 0.25) is 10.0 Å². The van der Waals surface area contributed by atoms with Crippen LogP contribution in [0.25, 0.3) is 0 Å². The topological polar surface area (TPSA) is 46.2 Å². The van der Waals surface area contributed by atoms with Crippen molar-refractivity contribution in [3.63, 3.8) is 0 Å². The number of halogens is 3. The molecule has 0 saturated heterocycles. The van der Waals surface area contributed by atoms with Gasteiger partial charge in [-0.1, -0.05) is 28.1 Å². The zero-order chi connectivity index (χ0) is 15.6. The normalized spacial score (nSPS) is 13.1. The third-order valence-electron chi connectivity index (χ3n) is 2.86. The zero-order valence-electron chi connectivity index (χ0n) is 11.0. The first-order chi connectivity index (χ1) is 9.79. The van der Waals surface area contributed by atoms with Gasteiger partial charge in [-0.15, -0.1) is 0 Å². The molecule has 1 atom stereocenters. The van der Waals surface area contributed by atoms with E-state index in [9.17, 15) is 17.2 Å². The molecule has 3 nitrogen and oxygen atoms in total. The van der Waals surface area contributed by atoms with Crippen molar-refractivity contribution >= 4 is 26.0 Å². The van der Waals surface area contributed by atoms with Gasteiger partial charge in [0.25, 0.3) is 0 Å². The third-order valence-corrected chi connectivity index (χ3v) is 4.93. The molecular formula is C14H12BrF2NO2S. The molecule has 0 saturated carbocycles. The predicted molar refractivity (Wildman–Crippen MR) is 79.2 cm³/mol. The maximum absolute atomic E-state index is 13.8. The second-order valence-corrected chi connectivity index (χ2v) is 7.07. The summed E-state index contributed by atoms with van der Waals surface area (Å²) in [7, 11) is -4.04. The smallest absolute Gasteiger partial charge is 0.207 e. The van der Waals surface area contributed by atoms with Crippen LogP contribution in [0.5, 0.6) is 0 Å². The maximum atomic E-state index is 13.8.